The molecule has 2 rings (SSSR count). The summed E-state index contributed by atoms with van der Waals surface area (Å²) in [6, 6.07) is 4.75. The van der Waals surface area contributed by atoms with E-state index in [9.17, 15) is 0 Å². The molecule has 20 heavy (non-hydrogen) atoms. The monoisotopic (exact) mass is 394 g/mol. The Hall–Kier alpha value is -0.550. The van der Waals surface area contributed by atoms with Crippen LogP contribution in [0.25, 0.3) is 0 Å². The average molecular weight is 396 g/mol. The number of nitrogens with zero attached hydrogens (tertiary/aromatic N) is 2. The molecule has 1 aromatic carbocycles. The van der Waals surface area contributed by atoms with Gasteiger partial charge in [-0.3, -0.25) is 0 Å². The Morgan fingerprint density at radius 1 is 1.05 bits per heavy atom. The lowest BCUT2D eigenvalue weighted by Crippen LogP contribution is -1.98. The molecule has 0 aliphatic heterocycles. The molecule has 0 spiro atoms. The van der Waals surface area contributed by atoms with Crippen molar-refractivity contribution < 1.29 is 4.74 Å². The van der Waals surface area contributed by atoms with Crippen LogP contribution >= 0.6 is 50.7 Å². The van der Waals surface area contributed by atoms with Crippen molar-refractivity contribution in [2.24, 2.45) is 0 Å². The van der Waals surface area contributed by atoms with Crippen molar-refractivity contribution in [2.45, 2.75) is 19.8 Å². The molecule has 0 amide bonds. The van der Waals surface area contributed by atoms with Crippen molar-refractivity contribution in [3.05, 3.63) is 43.7 Å². The molecule has 0 saturated heterocycles. The van der Waals surface area contributed by atoms with Gasteiger partial charge in [0.2, 0.25) is 5.88 Å². The second-order valence-corrected chi connectivity index (χ2v) is 6.03. The maximum atomic E-state index is 6.07. The first-order valence-corrected chi connectivity index (χ1v) is 7.78. The van der Waals surface area contributed by atoms with Gasteiger partial charge in [0, 0.05) is 18.6 Å². The standard InChI is InChI=1S/C13H10BrCl3N2O/c1-2-3-12-18-11(14)6-13(19-12)20-10-5-8(16)7(15)4-9(10)17/h4-6H,2-3H2,1H3. The Kier molecular flexibility index (Phi) is 5.49. The van der Waals surface area contributed by atoms with Crippen LogP contribution in [0.3, 0.4) is 0 Å². The Balaban J connectivity index is 2.32. The third-order valence-electron chi connectivity index (χ3n) is 2.38. The maximum Gasteiger partial charge on any atom is 0.223 e. The largest absolute Gasteiger partial charge is 0.437 e. The first-order valence-electron chi connectivity index (χ1n) is 5.85. The zero-order chi connectivity index (χ0) is 14.7. The summed E-state index contributed by atoms with van der Waals surface area (Å²) in [4.78, 5) is 8.58. The smallest absolute Gasteiger partial charge is 0.223 e. The molecule has 0 bridgehead atoms. The fraction of sp³-hybridized carbons (Fsp3) is 0.231. The van der Waals surface area contributed by atoms with Gasteiger partial charge >= 0.3 is 0 Å². The number of hydrogen-bond acceptors (Lipinski definition) is 3. The highest BCUT2D eigenvalue weighted by molar-refractivity contribution is 9.10. The van der Waals surface area contributed by atoms with Crippen LogP contribution in [0.4, 0.5) is 0 Å². The quantitative estimate of drug-likeness (QED) is 0.474. The van der Waals surface area contributed by atoms with Crippen LogP contribution in [-0.2, 0) is 6.42 Å². The van der Waals surface area contributed by atoms with Crippen LogP contribution in [-0.4, -0.2) is 9.97 Å². The van der Waals surface area contributed by atoms with E-state index in [0.29, 0.717) is 37.1 Å². The molecule has 0 aliphatic carbocycles. The van der Waals surface area contributed by atoms with Crippen LogP contribution in [0.2, 0.25) is 15.1 Å². The summed E-state index contributed by atoms with van der Waals surface area (Å²) in [6.07, 6.45) is 1.72. The highest BCUT2D eigenvalue weighted by Crippen LogP contribution is 2.36. The lowest BCUT2D eigenvalue weighted by atomic mass is 10.3. The molecule has 0 saturated carbocycles. The number of ether oxygens (including phenoxy) is 1. The Bertz CT molecular complexity index is 637. The summed E-state index contributed by atoms with van der Waals surface area (Å²) in [6.45, 7) is 2.06. The first-order chi connectivity index (χ1) is 9.49. The highest BCUT2D eigenvalue weighted by atomic mass is 79.9. The van der Waals surface area contributed by atoms with Crippen LogP contribution in [0.5, 0.6) is 11.6 Å². The van der Waals surface area contributed by atoms with Crippen molar-refractivity contribution in [2.75, 3.05) is 0 Å². The minimum absolute atomic E-state index is 0.367. The Morgan fingerprint density at radius 3 is 2.45 bits per heavy atom. The van der Waals surface area contributed by atoms with E-state index in [4.69, 9.17) is 39.5 Å². The number of aryl methyl sites for hydroxylation is 1. The van der Waals surface area contributed by atoms with Crippen LogP contribution in [0.1, 0.15) is 19.2 Å². The van der Waals surface area contributed by atoms with Gasteiger partial charge in [-0.1, -0.05) is 41.7 Å². The number of benzene rings is 1. The van der Waals surface area contributed by atoms with E-state index in [1.165, 1.54) is 6.07 Å². The van der Waals surface area contributed by atoms with Gasteiger partial charge in [0.25, 0.3) is 0 Å². The fourth-order valence-electron chi connectivity index (χ4n) is 1.52. The molecule has 0 unspecified atom stereocenters. The van der Waals surface area contributed by atoms with Gasteiger partial charge in [-0.2, -0.15) is 4.98 Å². The van der Waals surface area contributed by atoms with Crippen LogP contribution < -0.4 is 4.74 Å². The van der Waals surface area contributed by atoms with E-state index in [1.54, 1.807) is 12.1 Å². The zero-order valence-corrected chi connectivity index (χ0v) is 14.3. The van der Waals surface area contributed by atoms with E-state index >= 15 is 0 Å². The van der Waals surface area contributed by atoms with Gasteiger partial charge in [-0.25, -0.2) is 4.98 Å². The minimum Gasteiger partial charge on any atom is -0.437 e. The van der Waals surface area contributed by atoms with E-state index in [0.717, 1.165) is 12.8 Å². The van der Waals surface area contributed by atoms with E-state index in [2.05, 4.69) is 32.8 Å². The van der Waals surface area contributed by atoms with E-state index in [-0.39, 0.29) is 0 Å². The molecule has 3 nitrogen and oxygen atoms in total. The van der Waals surface area contributed by atoms with Crippen molar-refractivity contribution in [1.29, 1.82) is 0 Å². The molecular weight excluding hydrogens is 386 g/mol. The molecule has 1 aromatic heterocycles. The predicted molar refractivity (Wildman–Crippen MR) is 85.3 cm³/mol. The van der Waals surface area contributed by atoms with Gasteiger partial charge in [0.1, 0.15) is 16.2 Å². The molecule has 0 aliphatic rings. The lowest BCUT2D eigenvalue weighted by molar-refractivity contribution is 0.457. The molecule has 7 heteroatoms. The van der Waals surface area contributed by atoms with Crippen LogP contribution in [0, 0.1) is 0 Å². The van der Waals surface area contributed by atoms with Gasteiger partial charge in [-0.15, -0.1) is 0 Å². The number of aromatic nitrogens is 2. The summed E-state index contributed by atoms with van der Waals surface area (Å²) in [7, 11) is 0. The van der Waals surface area contributed by atoms with E-state index < -0.39 is 0 Å². The normalized spacial score (nSPS) is 10.7. The third kappa shape index (κ3) is 3.98. The number of rotatable bonds is 4. The van der Waals surface area contributed by atoms with Crippen molar-refractivity contribution >= 4 is 50.7 Å². The molecule has 0 radical (unpaired) electrons. The lowest BCUT2D eigenvalue weighted by Gasteiger charge is -2.09. The van der Waals surface area contributed by atoms with Gasteiger partial charge < -0.3 is 4.74 Å². The summed E-state index contributed by atoms with van der Waals surface area (Å²) in [5.41, 5.74) is 0. The summed E-state index contributed by atoms with van der Waals surface area (Å²) in [5.74, 6) is 1.50. The highest BCUT2D eigenvalue weighted by Gasteiger charge is 2.10. The molecule has 1 heterocycles. The summed E-state index contributed by atoms with van der Waals surface area (Å²) in [5, 5.41) is 1.11. The third-order valence-corrected chi connectivity index (χ3v) is 3.80. The molecule has 106 valence electrons. The van der Waals surface area contributed by atoms with Gasteiger partial charge in [0.05, 0.1) is 15.1 Å². The first kappa shape index (κ1) is 15.8. The van der Waals surface area contributed by atoms with Crippen molar-refractivity contribution in [3.8, 4) is 11.6 Å². The van der Waals surface area contributed by atoms with Crippen molar-refractivity contribution in [3.63, 3.8) is 0 Å². The van der Waals surface area contributed by atoms with Crippen LogP contribution in [0.15, 0.2) is 22.8 Å². The van der Waals surface area contributed by atoms with E-state index in [1.807, 2.05) is 0 Å². The van der Waals surface area contributed by atoms with Gasteiger partial charge in [-0.05, 0) is 28.4 Å². The maximum absolute atomic E-state index is 6.07. The van der Waals surface area contributed by atoms with Crippen molar-refractivity contribution in [1.82, 2.24) is 9.97 Å². The summed E-state index contributed by atoms with van der Waals surface area (Å²) >= 11 is 21.2. The number of hydrogen-bond donors (Lipinski definition) is 0. The fourth-order valence-corrected chi connectivity index (χ4v) is 2.50. The number of halogens is 4. The summed E-state index contributed by atoms with van der Waals surface area (Å²) < 4.78 is 6.31. The van der Waals surface area contributed by atoms with Gasteiger partial charge in [0.15, 0.2) is 0 Å². The second-order valence-electron chi connectivity index (χ2n) is 3.99. The molecule has 0 atom stereocenters. The molecule has 2 aromatic rings. The topological polar surface area (TPSA) is 35.0 Å². The SMILES string of the molecule is CCCc1nc(Br)cc(Oc2cc(Cl)c(Cl)cc2Cl)n1. The average Bonchev–Trinajstić information content (AvgIpc) is 2.35. The zero-order valence-electron chi connectivity index (χ0n) is 10.5. The molecule has 0 N–H and O–H groups in total. The minimum atomic E-state index is 0.367. The molecule has 0 fully saturated rings. The Morgan fingerprint density at radius 2 is 1.75 bits per heavy atom. The Labute approximate surface area is 140 Å². The molecular formula is C13H10BrCl3N2O. The predicted octanol–water partition coefficient (Wildman–Crippen LogP) is 5.94. The second kappa shape index (κ2) is 6.94.